The smallest absolute Gasteiger partial charge is 0.263 e. The Bertz CT molecular complexity index is 378. The second kappa shape index (κ2) is 4.35. The van der Waals surface area contributed by atoms with Crippen LogP contribution in [0.25, 0.3) is 0 Å². The number of hydrogen-bond donors (Lipinski definition) is 2. The lowest BCUT2D eigenvalue weighted by atomic mass is 10.0. The molecule has 1 unspecified atom stereocenters. The minimum Gasteiger partial charge on any atom is -0.507 e. The first-order chi connectivity index (χ1) is 6.93. The third-order valence-corrected chi connectivity index (χ3v) is 1.95. The van der Waals surface area contributed by atoms with E-state index in [0.29, 0.717) is 0 Å². The van der Waals surface area contributed by atoms with Crippen molar-refractivity contribution in [1.29, 1.82) is 0 Å². The van der Waals surface area contributed by atoms with Crippen LogP contribution in [-0.4, -0.2) is 16.9 Å². The molecule has 3 N–H and O–H groups in total. The normalized spacial score (nSPS) is 12.9. The maximum absolute atomic E-state index is 12.3. The zero-order valence-corrected chi connectivity index (χ0v) is 8.08. The van der Waals surface area contributed by atoms with Crippen molar-refractivity contribution in [3.63, 3.8) is 0 Å². The Balaban J connectivity index is 3.16. The molecule has 1 aromatic carbocycles. The van der Waals surface area contributed by atoms with E-state index in [1.54, 1.807) is 0 Å². The van der Waals surface area contributed by atoms with Crippen molar-refractivity contribution in [1.82, 2.24) is 0 Å². The maximum Gasteiger partial charge on any atom is 0.263 e. The molecule has 82 valence electrons. The summed E-state index contributed by atoms with van der Waals surface area (Å²) in [5.74, 6) is -0.892. The highest BCUT2D eigenvalue weighted by Crippen LogP contribution is 2.25. The summed E-state index contributed by atoms with van der Waals surface area (Å²) in [6, 6.07) is 2.27. The summed E-state index contributed by atoms with van der Waals surface area (Å²) in [5, 5.41) is 9.31. The summed E-state index contributed by atoms with van der Waals surface area (Å²) >= 11 is 0. The highest BCUT2D eigenvalue weighted by molar-refractivity contribution is 6.02. The number of halogens is 2. The van der Waals surface area contributed by atoms with Gasteiger partial charge in [0.15, 0.2) is 5.78 Å². The van der Waals surface area contributed by atoms with Crippen molar-refractivity contribution in [2.45, 2.75) is 19.4 Å². The number of carbonyl (C=O) groups is 1. The molecule has 0 radical (unpaired) electrons. The van der Waals surface area contributed by atoms with Gasteiger partial charge >= 0.3 is 0 Å². The number of aromatic hydroxyl groups is 1. The second-order valence-electron chi connectivity index (χ2n) is 3.23. The fourth-order valence-electron chi connectivity index (χ4n) is 1.13. The van der Waals surface area contributed by atoms with Gasteiger partial charge in [0.2, 0.25) is 0 Å². The molecule has 1 aromatic rings. The number of Topliss-reactive ketones (excluding diaryl/α,β-unsaturated/α-hetero) is 1. The number of alkyl halides is 2. The molecule has 0 fully saturated rings. The highest BCUT2D eigenvalue weighted by Gasteiger charge is 2.18. The lowest BCUT2D eigenvalue weighted by Crippen LogP contribution is -2.26. The average Bonchev–Trinajstić information content (AvgIpc) is 2.16. The molecule has 1 rings (SSSR count). The largest absolute Gasteiger partial charge is 0.507 e. The predicted octanol–water partition coefficient (Wildman–Crippen LogP) is 1.86. The first kappa shape index (κ1) is 11.6. The topological polar surface area (TPSA) is 63.3 Å². The summed E-state index contributed by atoms with van der Waals surface area (Å²) < 4.78 is 24.6. The molecule has 0 spiro atoms. The van der Waals surface area contributed by atoms with Crippen LogP contribution in [0.5, 0.6) is 5.75 Å². The molecule has 0 amide bonds. The van der Waals surface area contributed by atoms with Gasteiger partial charge in [-0.1, -0.05) is 0 Å². The molecule has 0 bridgehead atoms. The standard InChI is InChI=1S/C10H11F2NO2/c1-5(13)9(15)7-4-6(10(11)12)2-3-8(7)14/h2-5,10,14H,13H2,1H3. The summed E-state index contributed by atoms with van der Waals surface area (Å²) in [6.07, 6.45) is -2.68. The van der Waals surface area contributed by atoms with Crippen molar-refractivity contribution < 1.29 is 18.7 Å². The monoisotopic (exact) mass is 215 g/mol. The number of phenols is 1. The third-order valence-electron chi connectivity index (χ3n) is 1.95. The van der Waals surface area contributed by atoms with Gasteiger partial charge in [0.05, 0.1) is 11.6 Å². The Morgan fingerprint density at radius 2 is 2.07 bits per heavy atom. The van der Waals surface area contributed by atoms with Crippen LogP contribution in [0, 0.1) is 0 Å². The Hall–Kier alpha value is -1.49. The molecule has 1 atom stereocenters. The van der Waals surface area contributed by atoms with Gasteiger partial charge in [0.25, 0.3) is 6.43 Å². The van der Waals surface area contributed by atoms with Gasteiger partial charge in [-0.05, 0) is 25.1 Å². The zero-order valence-electron chi connectivity index (χ0n) is 8.08. The minimum absolute atomic E-state index is 0.164. The number of benzene rings is 1. The number of hydrogen-bond acceptors (Lipinski definition) is 3. The first-order valence-corrected chi connectivity index (χ1v) is 4.34. The molecule has 0 aliphatic heterocycles. The maximum atomic E-state index is 12.3. The quantitative estimate of drug-likeness (QED) is 0.756. The molecule has 15 heavy (non-hydrogen) atoms. The van der Waals surface area contributed by atoms with E-state index in [1.165, 1.54) is 6.92 Å². The van der Waals surface area contributed by atoms with Crippen molar-refractivity contribution in [2.24, 2.45) is 5.73 Å². The van der Waals surface area contributed by atoms with E-state index in [9.17, 15) is 18.7 Å². The molecule has 5 heteroatoms. The highest BCUT2D eigenvalue weighted by atomic mass is 19.3. The van der Waals surface area contributed by atoms with E-state index in [4.69, 9.17) is 5.73 Å². The van der Waals surface area contributed by atoms with Gasteiger partial charge in [-0.3, -0.25) is 4.79 Å². The number of ketones is 1. The van der Waals surface area contributed by atoms with E-state index in [-0.39, 0.29) is 16.9 Å². The van der Waals surface area contributed by atoms with Gasteiger partial charge in [-0.2, -0.15) is 0 Å². The van der Waals surface area contributed by atoms with Gasteiger partial charge in [-0.25, -0.2) is 8.78 Å². The first-order valence-electron chi connectivity index (χ1n) is 4.34. The van der Waals surface area contributed by atoms with Crippen LogP contribution in [-0.2, 0) is 0 Å². The Morgan fingerprint density at radius 3 is 2.53 bits per heavy atom. The molecular formula is C10H11F2NO2. The van der Waals surface area contributed by atoms with Crippen LogP contribution in [0.15, 0.2) is 18.2 Å². The molecule has 3 nitrogen and oxygen atoms in total. The number of carbonyl (C=O) groups excluding carboxylic acids is 1. The van der Waals surface area contributed by atoms with Crippen LogP contribution in [0.3, 0.4) is 0 Å². The molecule has 0 aliphatic rings. The van der Waals surface area contributed by atoms with E-state index in [2.05, 4.69) is 0 Å². The van der Waals surface area contributed by atoms with E-state index < -0.39 is 18.3 Å². The third kappa shape index (κ3) is 2.50. The Labute approximate surface area is 85.5 Å². The van der Waals surface area contributed by atoms with Crippen molar-refractivity contribution in [3.8, 4) is 5.75 Å². The van der Waals surface area contributed by atoms with Crippen LogP contribution in [0.4, 0.5) is 8.78 Å². The van der Waals surface area contributed by atoms with Crippen molar-refractivity contribution in [3.05, 3.63) is 29.3 Å². The van der Waals surface area contributed by atoms with Gasteiger partial charge in [0, 0.05) is 5.56 Å². The summed E-state index contributed by atoms with van der Waals surface area (Å²) in [5.41, 5.74) is 4.84. The van der Waals surface area contributed by atoms with Crippen LogP contribution < -0.4 is 5.73 Å². The van der Waals surface area contributed by atoms with Crippen LogP contribution in [0.2, 0.25) is 0 Å². The Kier molecular flexibility index (Phi) is 3.36. The fourth-order valence-corrected chi connectivity index (χ4v) is 1.13. The Morgan fingerprint density at radius 1 is 1.47 bits per heavy atom. The molecule has 0 aliphatic carbocycles. The minimum atomic E-state index is -2.68. The molecule has 0 saturated heterocycles. The molecular weight excluding hydrogens is 204 g/mol. The number of phenolic OH excluding ortho intramolecular Hbond substituents is 1. The predicted molar refractivity (Wildman–Crippen MR) is 51.0 cm³/mol. The molecule has 0 saturated carbocycles. The summed E-state index contributed by atoms with van der Waals surface area (Å²) in [4.78, 5) is 11.4. The van der Waals surface area contributed by atoms with Gasteiger partial charge in [-0.15, -0.1) is 0 Å². The number of rotatable bonds is 3. The SMILES string of the molecule is CC(N)C(=O)c1cc(C(F)F)ccc1O. The van der Waals surface area contributed by atoms with E-state index >= 15 is 0 Å². The fraction of sp³-hybridized carbons (Fsp3) is 0.300. The summed E-state index contributed by atoms with van der Waals surface area (Å²) in [7, 11) is 0. The van der Waals surface area contributed by atoms with E-state index in [1.807, 2.05) is 0 Å². The second-order valence-corrected chi connectivity index (χ2v) is 3.23. The summed E-state index contributed by atoms with van der Waals surface area (Å²) in [6.45, 7) is 1.43. The zero-order chi connectivity index (χ0) is 11.6. The van der Waals surface area contributed by atoms with Crippen molar-refractivity contribution >= 4 is 5.78 Å². The van der Waals surface area contributed by atoms with Gasteiger partial charge < -0.3 is 10.8 Å². The molecule has 0 aromatic heterocycles. The van der Waals surface area contributed by atoms with Gasteiger partial charge in [0.1, 0.15) is 5.75 Å². The lowest BCUT2D eigenvalue weighted by molar-refractivity contribution is 0.0964. The van der Waals surface area contributed by atoms with Crippen LogP contribution in [0.1, 0.15) is 29.3 Å². The molecule has 0 heterocycles. The van der Waals surface area contributed by atoms with E-state index in [0.717, 1.165) is 18.2 Å². The lowest BCUT2D eigenvalue weighted by Gasteiger charge is -2.08. The average molecular weight is 215 g/mol. The van der Waals surface area contributed by atoms with Crippen LogP contribution >= 0.6 is 0 Å². The number of nitrogens with two attached hydrogens (primary N) is 1. The van der Waals surface area contributed by atoms with Crippen molar-refractivity contribution in [2.75, 3.05) is 0 Å².